The van der Waals surface area contributed by atoms with E-state index in [2.05, 4.69) is 22.4 Å². The van der Waals surface area contributed by atoms with Gasteiger partial charge in [-0.3, -0.25) is 4.79 Å². The first kappa shape index (κ1) is 15.9. The first-order valence-corrected chi connectivity index (χ1v) is 7.92. The monoisotopic (exact) mass is 321 g/mol. The van der Waals surface area contributed by atoms with Crippen molar-refractivity contribution < 1.29 is 9.32 Å². The van der Waals surface area contributed by atoms with Crippen molar-refractivity contribution in [3.8, 4) is 11.4 Å². The summed E-state index contributed by atoms with van der Waals surface area (Å²) in [5.41, 5.74) is 3.79. The molecule has 24 heavy (non-hydrogen) atoms. The number of aromatic nitrogens is 2. The molecule has 0 spiro atoms. The third-order valence-corrected chi connectivity index (χ3v) is 3.82. The largest absolute Gasteiger partial charge is 0.348 e. The van der Waals surface area contributed by atoms with Crippen LogP contribution in [0, 0.1) is 6.92 Å². The summed E-state index contributed by atoms with van der Waals surface area (Å²) in [7, 11) is 0. The number of rotatable bonds is 5. The molecule has 5 nitrogen and oxygen atoms in total. The number of aryl methyl sites for hydroxylation is 2. The molecule has 0 saturated heterocycles. The van der Waals surface area contributed by atoms with Gasteiger partial charge in [-0.1, -0.05) is 48.5 Å². The van der Waals surface area contributed by atoms with E-state index in [1.165, 1.54) is 5.56 Å². The number of hydrogen-bond acceptors (Lipinski definition) is 4. The van der Waals surface area contributed by atoms with E-state index in [0.29, 0.717) is 23.8 Å². The molecule has 0 atom stereocenters. The van der Waals surface area contributed by atoms with Gasteiger partial charge in [0, 0.05) is 24.6 Å². The van der Waals surface area contributed by atoms with E-state index in [1.54, 1.807) is 6.92 Å². The molecular formula is C19H19N3O2. The third-order valence-electron chi connectivity index (χ3n) is 3.82. The highest BCUT2D eigenvalue weighted by Gasteiger charge is 2.07. The van der Waals surface area contributed by atoms with Crippen LogP contribution in [0.5, 0.6) is 0 Å². The van der Waals surface area contributed by atoms with Gasteiger partial charge in [-0.2, -0.15) is 4.98 Å². The molecule has 0 radical (unpaired) electrons. The summed E-state index contributed by atoms with van der Waals surface area (Å²) in [6.45, 7) is 4.32. The Balaban J connectivity index is 1.60. The maximum Gasteiger partial charge on any atom is 0.251 e. The van der Waals surface area contributed by atoms with Crippen LogP contribution in [0.25, 0.3) is 11.4 Å². The van der Waals surface area contributed by atoms with Crippen molar-refractivity contribution in [1.82, 2.24) is 15.5 Å². The van der Waals surface area contributed by atoms with Crippen LogP contribution >= 0.6 is 0 Å². The minimum absolute atomic E-state index is 0.0736. The average molecular weight is 321 g/mol. The molecular weight excluding hydrogens is 302 g/mol. The molecule has 0 bridgehead atoms. The fourth-order valence-corrected chi connectivity index (χ4v) is 2.36. The predicted octanol–water partition coefficient (Wildman–Crippen LogP) is 3.54. The Morgan fingerprint density at radius 2 is 1.71 bits per heavy atom. The van der Waals surface area contributed by atoms with Crippen LogP contribution in [0.1, 0.15) is 34.3 Å². The average Bonchev–Trinajstić information content (AvgIpc) is 3.06. The minimum Gasteiger partial charge on any atom is -0.348 e. The summed E-state index contributed by atoms with van der Waals surface area (Å²) in [5, 5.41) is 6.82. The Morgan fingerprint density at radius 3 is 2.29 bits per heavy atom. The highest BCUT2D eigenvalue weighted by atomic mass is 16.5. The maximum atomic E-state index is 12.2. The molecule has 0 aliphatic heterocycles. The molecule has 1 amide bonds. The maximum absolute atomic E-state index is 12.2. The summed E-state index contributed by atoms with van der Waals surface area (Å²) < 4.78 is 4.98. The van der Waals surface area contributed by atoms with Gasteiger partial charge in [-0.15, -0.1) is 0 Å². The van der Waals surface area contributed by atoms with E-state index < -0.39 is 0 Å². The second kappa shape index (κ2) is 7.08. The lowest BCUT2D eigenvalue weighted by Crippen LogP contribution is -2.22. The van der Waals surface area contributed by atoms with Gasteiger partial charge in [-0.25, -0.2) is 0 Å². The van der Waals surface area contributed by atoms with E-state index in [-0.39, 0.29) is 5.91 Å². The molecule has 1 aromatic heterocycles. The van der Waals surface area contributed by atoms with Crippen LogP contribution in [0.3, 0.4) is 0 Å². The van der Waals surface area contributed by atoms with Crippen molar-refractivity contribution in [2.45, 2.75) is 26.8 Å². The Hall–Kier alpha value is -2.95. The molecule has 0 aliphatic carbocycles. The molecule has 122 valence electrons. The fraction of sp³-hybridized carbons (Fsp3) is 0.211. The van der Waals surface area contributed by atoms with E-state index in [9.17, 15) is 4.79 Å². The molecule has 1 heterocycles. The number of nitrogens with one attached hydrogen (secondary N) is 1. The Labute approximate surface area is 140 Å². The van der Waals surface area contributed by atoms with Gasteiger partial charge in [0.2, 0.25) is 11.7 Å². The van der Waals surface area contributed by atoms with Gasteiger partial charge in [0.1, 0.15) is 0 Å². The summed E-state index contributed by atoms with van der Waals surface area (Å²) in [5.74, 6) is 1.03. The standard InChI is InChI=1S/C19H19N3O2/c1-3-14-4-10-17(11-5-14)19(23)20-12-15-6-8-16(9-7-15)18-21-13(2)24-22-18/h4-11H,3,12H2,1-2H3,(H,20,23). The van der Waals surface area contributed by atoms with Crippen LogP contribution in [0.2, 0.25) is 0 Å². The van der Waals surface area contributed by atoms with E-state index in [1.807, 2.05) is 48.5 Å². The van der Waals surface area contributed by atoms with Gasteiger partial charge in [0.25, 0.3) is 5.91 Å². The molecule has 0 saturated carbocycles. The van der Waals surface area contributed by atoms with E-state index >= 15 is 0 Å². The van der Waals surface area contributed by atoms with Crippen molar-refractivity contribution in [3.63, 3.8) is 0 Å². The van der Waals surface area contributed by atoms with Crippen molar-refractivity contribution in [2.24, 2.45) is 0 Å². The lowest BCUT2D eigenvalue weighted by Gasteiger charge is -2.06. The number of hydrogen-bond donors (Lipinski definition) is 1. The smallest absolute Gasteiger partial charge is 0.251 e. The second-order valence-electron chi connectivity index (χ2n) is 5.57. The first-order valence-electron chi connectivity index (χ1n) is 7.92. The first-order chi connectivity index (χ1) is 11.7. The normalized spacial score (nSPS) is 10.6. The molecule has 5 heteroatoms. The molecule has 0 unspecified atom stereocenters. The number of carbonyl (C=O) groups is 1. The zero-order valence-corrected chi connectivity index (χ0v) is 13.7. The van der Waals surface area contributed by atoms with Gasteiger partial charge in [0.15, 0.2) is 0 Å². The highest BCUT2D eigenvalue weighted by molar-refractivity contribution is 5.94. The molecule has 2 aromatic carbocycles. The van der Waals surface area contributed by atoms with Crippen LogP contribution in [0.15, 0.2) is 53.1 Å². The number of carbonyl (C=O) groups excluding carboxylic acids is 1. The highest BCUT2D eigenvalue weighted by Crippen LogP contribution is 2.16. The van der Waals surface area contributed by atoms with E-state index in [4.69, 9.17) is 4.52 Å². The molecule has 0 fully saturated rings. The van der Waals surface area contributed by atoms with Crippen LogP contribution in [-0.2, 0) is 13.0 Å². The Kier molecular flexibility index (Phi) is 4.70. The topological polar surface area (TPSA) is 68.0 Å². The predicted molar refractivity (Wildman–Crippen MR) is 91.5 cm³/mol. The zero-order chi connectivity index (χ0) is 16.9. The Morgan fingerprint density at radius 1 is 1.04 bits per heavy atom. The summed E-state index contributed by atoms with van der Waals surface area (Å²) in [6.07, 6.45) is 0.966. The van der Waals surface area contributed by atoms with Gasteiger partial charge >= 0.3 is 0 Å². The van der Waals surface area contributed by atoms with Crippen LogP contribution in [0.4, 0.5) is 0 Å². The quantitative estimate of drug-likeness (QED) is 0.780. The van der Waals surface area contributed by atoms with Crippen LogP contribution in [-0.4, -0.2) is 16.0 Å². The lowest BCUT2D eigenvalue weighted by molar-refractivity contribution is 0.0951. The molecule has 3 rings (SSSR count). The zero-order valence-electron chi connectivity index (χ0n) is 13.7. The molecule has 0 aliphatic rings. The molecule has 1 N–H and O–H groups in total. The van der Waals surface area contributed by atoms with Crippen molar-refractivity contribution in [2.75, 3.05) is 0 Å². The van der Waals surface area contributed by atoms with Crippen LogP contribution < -0.4 is 5.32 Å². The van der Waals surface area contributed by atoms with Crippen molar-refractivity contribution in [1.29, 1.82) is 0 Å². The van der Waals surface area contributed by atoms with Crippen molar-refractivity contribution >= 4 is 5.91 Å². The molecule has 3 aromatic rings. The Bertz CT molecular complexity index is 821. The van der Waals surface area contributed by atoms with Gasteiger partial charge < -0.3 is 9.84 Å². The number of nitrogens with zero attached hydrogens (tertiary/aromatic N) is 2. The second-order valence-corrected chi connectivity index (χ2v) is 5.57. The number of amides is 1. The lowest BCUT2D eigenvalue weighted by atomic mass is 10.1. The van der Waals surface area contributed by atoms with Gasteiger partial charge in [-0.05, 0) is 29.7 Å². The van der Waals surface area contributed by atoms with Gasteiger partial charge in [0.05, 0.1) is 0 Å². The number of benzene rings is 2. The third kappa shape index (κ3) is 3.68. The van der Waals surface area contributed by atoms with Crippen molar-refractivity contribution in [3.05, 3.63) is 71.1 Å². The summed E-state index contributed by atoms with van der Waals surface area (Å²) >= 11 is 0. The fourth-order valence-electron chi connectivity index (χ4n) is 2.36. The summed E-state index contributed by atoms with van der Waals surface area (Å²) in [6, 6.07) is 15.4. The minimum atomic E-state index is -0.0736. The van der Waals surface area contributed by atoms with E-state index in [0.717, 1.165) is 17.5 Å². The summed E-state index contributed by atoms with van der Waals surface area (Å²) in [4.78, 5) is 16.4. The SMILES string of the molecule is CCc1ccc(C(=O)NCc2ccc(-c3noc(C)n3)cc2)cc1.